The van der Waals surface area contributed by atoms with Crippen LogP contribution in [0.4, 0.5) is 10.5 Å². The molecule has 8 nitrogen and oxygen atoms in total. The fourth-order valence-corrected chi connectivity index (χ4v) is 5.05. The summed E-state index contributed by atoms with van der Waals surface area (Å²) in [5.41, 5.74) is 2.21. The van der Waals surface area contributed by atoms with Gasteiger partial charge >= 0.3 is 6.09 Å². The van der Waals surface area contributed by atoms with E-state index in [9.17, 15) is 19.6 Å². The zero-order valence-electron chi connectivity index (χ0n) is 24.5. The summed E-state index contributed by atoms with van der Waals surface area (Å²) >= 11 is 1.52. The van der Waals surface area contributed by atoms with Crippen molar-refractivity contribution in [1.29, 1.82) is 5.26 Å². The van der Waals surface area contributed by atoms with Crippen LogP contribution < -0.4 is 10.6 Å². The van der Waals surface area contributed by atoms with Crippen molar-refractivity contribution in [2.75, 3.05) is 23.9 Å². The Morgan fingerprint density at radius 1 is 1.02 bits per heavy atom. The van der Waals surface area contributed by atoms with Gasteiger partial charge < -0.3 is 20.3 Å². The maximum absolute atomic E-state index is 14.1. The molecule has 0 spiro atoms. The quantitative estimate of drug-likeness (QED) is 0.282. The highest BCUT2D eigenvalue weighted by molar-refractivity contribution is 7.98. The molecule has 0 aliphatic rings. The fourth-order valence-electron chi connectivity index (χ4n) is 4.58. The summed E-state index contributed by atoms with van der Waals surface area (Å²) in [6, 6.07) is 19.0. The smallest absolute Gasteiger partial charge is 0.408 e. The van der Waals surface area contributed by atoms with E-state index < -0.39 is 35.6 Å². The van der Waals surface area contributed by atoms with Gasteiger partial charge in [-0.1, -0.05) is 54.1 Å². The number of nitrogens with zero attached hydrogens (tertiary/aromatic N) is 2. The molecule has 0 bridgehead atoms. The van der Waals surface area contributed by atoms with Crippen molar-refractivity contribution in [2.24, 2.45) is 0 Å². The Balaban J connectivity index is 2.03. The number of benzene rings is 3. The number of fused-ring (bicyclic) bond motifs is 1. The minimum absolute atomic E-state index is 0.299. The molecule has 2 atom stereocenters. The lowest BCUT2D eigenvalue weighted by Gasteiger charge is -2.33. The number of carbonyl (C=O) groups is 3. The van der Waals surface area contributed by atoms with E-state index in [1.54, 1.807) is 26.8 Å². The lowest BCUT2D eigenvalue weighted by Crippen LogP contribution is -2.52. The Morgan fingerprint density at radius 2 is 1.73 bits per heavy atom. The zero-order valence-corrected chi connectivity index (χ0v) is 25.3. The average molecular weight is 575 g/mol. The van der Waals surface area contributed by atoms with Crippen LogP contribution >= 0.6 is 11.8 Å². The SMILES string of the molecule is CSCCC(NC(=O)OC(C)(C)C)C(=O)N(CC#N)C(C(=O)Nc1ccc2ccccc2c1)c1ccc(C)cc1C. The predicted octanol–water partition coefficient (Wildman–Crippen LogP) is 6.14. The van der Waals surface area contributed by atoms with Gasteiger partial charge in [0.25, 0.3) is 5.91 Å². The van der Waals surface area contributed by atoms with Gasteiger partial charge in [0, 0.05) is 5.69 Å². The Kier molecular flexibility index (Phi) is 10.8. The first-order chi connectivity index (χ1) is 19.4. The molecule has 0 heterocycles. The van der Waals surface area contributed by atoms with Gasteiger partial charge in [-0.25, -0.2) is 4.79 Å². The van der Waals surface area contributed by atoms with E-state index in [0.29, 0.717) is 23.4 Å². The minimum Gasteiger partial charge on any atom is -0.444 e. The molecular formula is C32H38N4O4S. The van der Waals surface area contributed by atoms with E-state index in [-0.39, 0.29) is 6.54 Å². The van der Waals surface area contributed by atoms with Gasteiger partial charge in [0.2, 0.25) is 5.91 Å². The third kappa shape index (κ3) is 8.73. The highest BCUT2D eigenvalue weighted by Gasteiger charge is 2.37. The van der Waals surface area contributed by atoms with Gasteiger partial charge in [0.05, 0.1) is 6.07 Å². The van der Waals surface area contributed by atoms with E-state index in [1.807, 2.05) is 74.7 Å². The summed E-state index contributed by atoms with van der Waals surface area (Å²) in [4.78, 5) is 42.0. The van der Waals surface area contributed by atoms with E-state index in [4.69, 9.17) is 4.74 Å². The molecule has 0 saturated heterocycles. The minimum atomic E-state index is -1.12. The van der Waals surface area contributed by atoms with E-state index in [2.05, 4.69) is 16.7 Å². The number of rotatable bonds is 10. The van der Waals surface area contributed by atoms with Crippen LogP contribution in [-0.4, -0.2) is 53.0 Å². The molecule has 3 aromatic rings. The van der Waals surface area contributed by atoms with Crippen molar-refractivity contribution in [2.45, 2.75) is 58.7 Å². The van der Waals surface area contributed by atoms with Crippen molar-refractivity contribution in [3.8, 4) is 6.07 Å². The molecule has 3 amide bonds. The lowest BCUT2D eigenvalue weighted by molar-refractivity contribution is -0.140. The first kappa shape index (κ1) is 31.5. The predicted molar refractivity (Wildman–Crippen MR) is 165 cm³/mol. The molecule has 2 N–H and O–H groups in total. The molecular weight excluding hydrogens is 536 g/mol. The summed E-state index contributed by atoms with van der Waals surface area (Å²) in [5, 5.41) is 17.4. The Morgan fingerprint density at radius 3 is 2.37 bits per heavy atom. The molecule has 3 aromatic carbocycles. The Bertz CT molecular complexity index is 1440. The topological polar surface area (TPSA) is 112 Å². The van der Waals surface area contributed by atoms with Gasteiger partial charge in [0.15, 0.2) is 0 Å². The number of aryl methyl sites for hydroxylation is 2. The van der Waals surface area contributed by atoms with Crippen LogP contribution in [0.25, 0.3) is 10.8 Å². The second-order valence-electron chi connectivity index (χ2n) is 10.9. The third-order valence-electron chi connectivity index (χ3n) is 6.42. The van der Waals surface area contributed by atoms with Crippen molar-refractivity contribution >= 4 is 46.1 Å². The maximum Gasteiger partial charge on any atom is 0.408 e. The summed E-state index contributed by atoms with van der Waals surface area (Å²) in [5.74, 6) is -0.425. The van der Waals surface area contributed by atoms with Crippen LogP contribution in [0.2, 0.25) is 0 Å². The number of alkyl carbamates (subject to hydrolysis) is 1. The summed E-state index contributed by atoms with van der Waals surface area (Å²) in [7, 11) is 0. The number of anilines is 1. The average Bonchev–Trinajstić information content (AvgIpc) is 2.90. The molecule has 216 valence electrons. The molecule has 0 aromatic heterocycles. The molecule has 0 radical (unpaired) electrons. The second-order valence-corrected chi connectivity index (χ2v) is 11.9. The lowest BCUT2D eigenvalue weighted by atomic mass is 9.96. The summed E-state index contributed by atoms with van der Waals surface area (Å²) in [6.45, 7) is 8.68. The van der Waals surface area contributed by atoms with Crippen LogP contribution in [0, 0.1) is 25.2 Å². The van der Waals surface area contributed by atoms with E-state index in [1.165, 1.54) is 16.7 Å². The monoisotopic (exact) mass is 574 g/mol. The molecule has 9 heteroatoms. The fraction of sp³-hybridized carbons (Fsp3) is 0.375. The van der Waals surface area contributed by atoms with Gasteiger partial charge in [-0.15, -0.1) is 0 Å². The van der Waals surface area contributed by atoms with E-state index >= 15 is 0 Å². The van der Waals surface area contributed by atoms with Gasteiger partial charge in [-0.05, 0) is 87.1 Å². The molecule has 2 unspecified atom stereocenters. The van der Waals surface area contributed by atoms with Crippen molar-refractivity contribution in [3.63, 3.8) is 0 Å². The van der Waals surface area contributed by atoms with Crippen molar-refractivity contribution < 1.29 is 19.1 Å². The highest BCUT2D eigenvalue weighted by atomic mass is 32.2. The maximum atomic E-state index is 14.1. The molecule has 41 heavy (non-hydrogen) atoms. The highest BCUT2D eigenvalue weighted by Crippen LogP contribution is 2.29. The van der Waals surface area contributed by atoms with Crippen LogP contribution in [0.1, 0.15) is 49.9 Å². The Hall–Kier alpha value is -4.03. The number of amides is 3. The third-order valence-corrected chi connectivity index (χ3v) is 7.06. The number of hydrogen-bond donors (Lipinski definition) is 2. The first-order valence-electron chi connectivity index (χ1n) is 13.5. The number of thioether (sulfide) groups is 1. The van der Waals surface area contributed by atoms with Crippen LogP contribution in [0.3, 0.4) is 0 Å². The van der Waals surface area contributed by atoms with E-state index in [0.717, 1.165) is 21.9 Å². The van der Waals surface area contributed by atoms with Gasteiger partial charge in [-0.3, -0.25) is 9.59 Å². The number of carbonyl (C=O) groups excluding carboxylic acids is 3. The summed E-state index contributed by atoms with van der Waals surface area (Å²) in [6.07, 6.45) is 1.46. The standard InChI is InChI=1S/C32H38N4O4S/c1-21-11-14-26(22(2)19-21)28(29(37)34-25-13-12-23-9-7-8-10-24(23)20-25)36(17-16-33)30(38)27(15-18-41-6)35-31(39)40-32(3,4)5/h7-14,19-20,27-28H,15,17-18H2,1-6H3,(H,34,37)(H,35,39). The van der Waals surface area contributed by atoms with Gasteiger partial charge in [-0.2, -0.15) is 17.0 Å². The van der Waals surface area contributed by atoms with Crippen LogP contribution in [0.5, 0.6) is 0 Å². The molecule has 0 saturated carbocycles. The number of nitrogens with one attached hydrogen (secondary N) is 2. The molecule has 0 aliphatic heterocycles. The van der Waals surface area contributed by atoms with Crippen LogP contribution in [0.15, 0.2) is 60.7 Å². The Labute approximate surface area is 246 Å². The largest absolute Gasteiger partial charge is 0.444 e. The summed E-state index contributed by atoms with van der Waals surface area (Å²) < 4.78 is 5.41. The molecule has 3 rings (SSSR count). The second kappa shape index (κ2) is 14.0. The van der Waals surface area contributed by atoms with Gasteiger partial charge in [0.1, 0.15) is 24.2 Å². The number of nitriles is 1. The van der Waals surface area contributed by atoms with Crippen molar-refractivity contribution in [3.05, 3.63) is 77.4 Å². The normalized spacial score (nSPS) is 12.6. The molecule has 0 aliphatic carbocycles. The first-order valence-corrected chi connectivity index (χ1v) is 14.9. The van der Waals surface area contributed by atoms with Crippen LogP contribution in [-0.2, 0) is 14.3 Å². The van der Waals surface area contributed by atoms with Crippen molar-refractivity contribution in [1.82, 2.24) is 10.2 Å². The molecule has 0 fully saturated rings. The number of hydrogen-bond acceptors (Lipinski definition) is 6. The zero-order chi connectivity index (χ0) is 30.2. The number of ether oxygens (including phenoxy) is 1.